The predicted molar refractivity (Wildman–Crippen MR) is 97.8 cm³/mol. The minimum atomic E-state index is -0.393. The Kier molecular flexibility index (Phi) is 6.31. The van der Waals surface area contributed by atoms with Gasteiger partial charge in [0.2, 0.25) is 0 Å². The Balaban J connectivity index is 1.89. The van der Waals surface area contributed by atoms with E-state index in [1.165, 1.54) is 23.8 Å². The monoisotopic (exact) mass is 341 g/mol. The summed E-state index contributed by atoms with van der Waals surface area (Å²) in [6, 6.07) is 13.0. The zero-order valence-corrected chi connectivity index (χ0v) is 15.2. The normalized spacial score (nSPS) is 11.7. The van der Waals surface area contributed by atoms with Crippen LogP contribution in [0.15, 0.2) is 42.5 Å². The van der Waals surface area contributed by atoms with Gasteiger partial charge in [0.25, 0.3) is 5.91 Å². The summed E-state index contributed by atoms with van der Waals surface area (Å²) in [7, 11) is 3.34. The number of methoxy groups -OCH3 is 1. The highest BCUT2D eigenvalue weighted by molar-refractivity contribution is 5.93. The molecule has 5 nitrogen and oxygen atoms in total. The van der Waals surface area contributed by atoms with Crippen molar-refractivity contribution in [3.05, 3.63) is 64.7 Å². The number of benzene rings is 2. The summed E-state index contributed by atoms with van der Waals surface area (Å²) in [5.74, 6) is -0.455. The Labute approximate surface area is 148 Å². The minimum absolute atomic E-state index is 0.0620. The van der Waals surface area contributed by atoms with E-state index in [1.54, 1.807) is 24.3 Å². The molecule has 2 N–H and O–H groups in total. The lowest BCUT2D eigenvalue weighted by Crippen LogP contribution is -3.08. The highest BCUT2D eigenvalue weighted by atomic mass is 16.5. The average Bonchev–Trinajstić information content (AvgIpc) is 2.57. The zero-order valence-electron chi connectivity index (χ0n) is 15.2. The summed E-state index contributed by atoms with van der Waals surface area (Å²) in [6.07, 6.45) is 0. The van der Waals surface area contributed by atoms with Crippen LogP contribution in [0.25, 0.3) is 0 Å². The van der Waals surface area contributed by atoms with E-state index in [-0.39, 0.29) is 5.91 Å². The van der Waals surface area contributed by atoms with Crippen LogP contribution in [0.4, 0.5) is 5.69 Å². The Hall–Kier alpha value is -2.66. The van der Waals surface area contributed by atoms with Crippen molar-refractivity contribution in [2.45, 2.75) is 20.4 Å². The maximum Gasteiger partial charge on any atom is 0.337 e. The van der Waals surface area contributed by atoms with Crippen molar-refractivity contribution in [2.24, 2.45) is 0 Å². The second-order valence-electron chi connectivity index (χ2n) is 6.36. The number of quaternary nitrogens is 1. The molecule has 2 aromatic rings. The van der Waals surface area contributed by atoms with Gasteiger partial charge in [-0.3, -0.25) is 4.79 Å². The SMILES string of the molecule is COC(=O)c1ccc(NC(=O)C[NH+](C)Cc2ccc(C)cc2C)cc1. The average molecular weight is 341 g/mol. The van der Waals surface area contributed by atoms with Gasteiger partial charge in [-0.1, -0.05) is 23.8 Å². The van der Waals surface area contributed by atoms with Crippen molar-refractivity contribution in [2.75, 3.05) is 26.0 Å². The van der Waals surface area contributed by atoms with Crippen molar-refractivity contribution >= 4 is 17.6 Å². The lowest BCUT2D eigenvalue weighted by molar-refractivity contribution is -0.885. The molecule has 0 aromatic heterocycles. The lowest BCUT2D eigenvalue weighted by atomic mass is 10.1. The molecule has 1 unspecified atom stereocenters. The number of amides is 1. The number of carbonyl (C=O) groups excluding carboxylic acids is 2. The van der Waals surface area contributed by atoms with Crippen LogP contribution in [0.3, 0.4) is 0 Å². The van der Waals surface area contributed by atoms with Gasteiger partial charge in [-0.05, 0) is 43.7 Å². The third-order valence-corrected chi connectivity index (χ3v) is 4.04. The van der Waals surface area contributed by atoms with Crippen LogP contribution in [-0.4, -0.2) is 32.6 Å². The first-order valence-electron chi connectivity index (χ1n) is 8.24. The van der Waals surface area contributed by atoms with Crippen molar-refractivity contribution in [3.8, 4) is 0 Å². The van der Waals surface area contributed by atoms with Gasteiger partial charge in [0.15, 0.2) is 6.54 Å². The number of rotatable bonds is 6. The lowest BCUT2D eigenvalue weighted by Gasteiger charge is -2.15. The Morgan fingerprint density at radius 3 is 2.36 bits per heavy atom. The van der Waals surface area contributed by atoms with E-state index >= 15 is 0 Å². The number of aryl methyl sites for hydroxylation is 2. The van der Waals surface area contributed by atoms with Crippen LogP contribution < -0.4 is 10.2 Å². The fourth-order valence-corrected chi connectivity index (χ4v) is 2.72. The second-order valence-corrected chi connectivity index (χ2v) is 6.36. The smallest absolute Gasteiger partial charge is 0.337 e. The molecular weight excluding hydrogens is 316 g/mol. The number of esters is 1. The van der Waals surface area contributed by atoms with Crippen molar-refractivity contribution < 1.29 is 19.2 Å². The number of ether oxygens (including phenoxy) is 1. The molecule has 0 fully saturated rings. The maximum absolute atomic E-state index is 12.2. The van der Waals surface area contributed by atoms with Crippen molar-refractivity contribution in [3.63, 3.8) is 0 Å². The van der Waals surface area contributed by atoms with Gasteiger partial charge in [-0.15, -0.1) is 0 Å². The number of hydrogen-bond donors (Lipinski definition) is 2. The van der Waals surface area contributed by atoms with E-state index in [9.17, 15) is 9.59 Å². The molecule has 0 aliphatic carbocycles. The molecule has 5 heteroatoms. The molecule has 0 heterocycles. The zero-order chi connectivity index (χ0) is 18.4. The van der Waals surface area contributed by atoms with Crippen LogP contribution in [0.5, 0.6) is 0 Å². The Morgan fingerprint density at radius 2 is 1.76 bits per heavy atom. The van der Waals surface area contributed by atoms with Crippen LogP contribution in [0.1, 0.15) is 27.0 Å². The molecule has 0 saturated heterocycles. The van der Waals surface area contributed by atoms with E-state index in [0.29, 0.717) is 17.8 Å². The van der Waals surface area contributed by atoms with Crippen LogP contribution in [0.2, 0.25) is 0 Å². The van der Waals surface area contributed by atoms with Crippen LogP contribution in [0, 0.1) is 13.8 Å². The van der Waals surface area contributed by atoms with E-state index in [2.05, 4.69) is 42.1 Å². The summed E-state index contributed by atoms with van der Waals surface area (Å²) in [6.45, 7) is 5.33. The first-order valence-corrected chi connectivity index (χ1v) is 8.24. The third-order valence-electron chi connectivity index (χ3n) is 4.04. The number of anilines is 1. The summed E-state index contributed by atoms with van der Waals surface area (Å²) >= 11 is 0. The van der Waals surface area contributed by atoms with Gasteiger partial charge >= 0.3 is 5.97 Å². The topological polar surface area (TPSA) is 59.8 Å². The molecule has 0 radical (unpaired) electrons. The summed E-state index contributed by atoms with van der Waals surface area (Å²) in [4.78, 5) is 24.7. The van der Waals surface area contributed by atoms with E-state index in [1.807, 2.05) is 7.05 Å². The number of carbonyl (C=O) groups is 2. The molecule has 25 heavy (non-hydrogen) atoms. The standard InChI is InChI=1S/C20H24N2O3/c1-14-5-6-17(15(2)11-14)12-22(3)13-19(23)21-18-9-7-16(8-10-18)20(24)25-4/h5-11H,12-13H2,1-4H3,(H,21,23)/p+1. The Bertz CT molecular complexity index is 754. The molecule has 1 atom stereocenters. The fraction of sp³-hybridized carbons (Fsp3) is 0.300. The number of likely N-dealkylation sites (N-methyl/N-ethyl adjacent to an activating group) is 1. The highest BCUT2D eigenvalue weighted by Crippen LogP contribution is 2.10. The van der Waals surface area contributed by atoms with Gasteiger partial charge in [-0.25, -0.2) is 4.79 Å². The molecule has 0 bridgehead atoms. The number of nitrogens with one attached hydrogen (secondary N) is 2. The quantitative estimate of drug-likeness (QED) is 0.787. The molecule has 0 spiro atoms. The largest absolute Gasteiger partial charge is 0.465 e. The molecular formula is C20H25N2O3+. The molecule has 132 valence electrons. The minimum Gasteiger partial charge on any atom is -0.465 e. The van der Waals surface area contributed by atoms with Crippen molar-refractivity contribution in [1.82, 2.24) is 0 Å². The van der Waals surface area contributed by atoms with E-state index in [4.69, 9.17) is 0 Å². The number of hydrogen-bond acceptors (Lipinski definition) is 3. The van der Waals surface area contributed by atoms with Crippen molar-refractivity contribution in [1.29, 1.82) is 0 Å². The van der Waals surface area contributed by atoms with Gasteiger partial charge < -0.3 is 15.0 Å². The van der Waals surface area contributed by atoms with Gasteiger partial charge in [0, 0.05) is 11.3 Å². The van der Waals surface area contributed by atoms with Crippen LogP contribution in [-0.2, 0) is 16.1 Å². The van der Waals surface area contributed by atoms with Crippen LogP contribution >= 0.6 is 0 Å². The fourth-order valence-electron chi connectivity index (χ4n) is 2.72. The van der Waals surface area contributed by atoms with Gasteiger partial charge in [-0.2, -0.15) is 0 Å². The predicted octanol–water partition coefficient (Wildman–Crippen LogP) is 1.74. The second kappa shape index (κ2) is 8.44. The molecule has 0 aliphatic rings. The van der Waals surface area contributed by atoms with E-state index < -0.39 is 5.97 Å². The first-order chi connectivity index (χ1) is 11.9. The molecule has 2 rings (SSSR count). The maximum atomic E-state index is 12.2. The summed E-state index contributed by atoms with van der Waals surface area (Å²) < 4.78 is 4.65. The first kappa shape index (κ1) is 18.7. The Morgan fingerprint density at radius 1 is 1.08 bits per heavy atom. The third kappa shape index (κ3) is 5.43. The van der Waals surface area contributed by atoms with Gasteiger partial charge in [0.05, 0.1) is 19.7 Å². The summed E-state index contributed by atoms with van der Waals surface area (Å²) in [5, 5.41) is 2.85. The molecule has 0 saturated carbocycles. The molecule has 2 aromatic carbocycles. The summed E-state index contributed by atoms with van der Waals surface area (Å²) in [5.41, 5.74) is 4.86. The highest BCUT2D eigenvalue weighted by Gasteiger charge is 2.12. The molecule has 1 amide bonds. The molecule has 0 aliphatic heterocycles. The van der Waals surface area contributed by atoms with Gasteiger partial charge in [0.1, 0.15) is 6.54 Å². The van der Waals surface area contributed by atoms with E-state index in [0.717, 1.165) is 11.4 Å².